The van der Waals surface area contributed by atoms with Crippen LogP contribution in [0.25, 0.3) is 0 Å². The summed E-state index contributed by atoms with van der Waals surface area (Å²) in [6.07, 6.45) is -0.149. The molecule has 0 fully saturated rings. The van der Waals surface area contributed by atoms with Crippen LogP contribution >= 0.6 is 0 Å². The van der Waals surface area contributed by atoms with Crippen LogP contribution in [0.4, 0.5) is 0 Å². The fraction of sp³-hybridized carbons (Fsp3) is 1.00. The van der Waals surface area contributed by atoms with Crippen LogP contribution in [0.2, 0.25) is 0 Å². The van der Waals surface area contributed by atoms with E-state index in [2.05, 4.69) is 41.5 Å². The second-order valence-corrected chi connectivity index (χ2v) is 7.27. The van der Waals surface area contributed by atoms with Crippen molar-refractivity contribution in [3.63, 3.8) is 0 Å². The zero-order chi connectivity index (χ0) is 12.5. The van der Waals surface area contributed by atoms with Crippen LogP contribution in [0.15, 0.2) is 0 Å². The minimum atomic E-state index is -0.802. The number of hydrogen-bond donors (Lipinski definition) is 1. The van der Waals surface area contributed by atoms with Crippen molar-refractivity contribution in [3.8, 4) is 0 Å². The Morgan fingerprint density at radius 3 is 1.53 bits per heavy atom. The van der Waals surface area contributed by atoms with Crippen LogP contribution in [-0.4, -0.2) is 23.4 Å². The lowest BCUT2D eigenvalue weighted by atomic mass is 9.80. The molecule has 0 saturated carbocycles. The smallest absolute Gasteiger partial charge is 0.0904 e. The molecule has 0 aliphatic carbocycles. The molecular formula is C13H28O2. The Bertz CT molecular complexity index is 174. The first-order valence-corrected chi connectivity index (χ1v) is 5.68. The van der Waals surface area contributed by atoms with Gasteiger partial charge in [-0.3, -0.25) is 0 Å². The molecule has 0 amide bonds. The summed E-state index contributed by atoms with van der Waals surface area (Å²) in [6.45, 7) is 17.0. The van der Waals surface area contributed by atoms with Gasteiger partial charge in [0.05, 0.1) is 18.3 Å². The average Bonchev–Trinajstić information content (AvgIpc) is 1.75. The van der Waals surface area contributed by atoms with Crippen molar-refractivity contribution in [1.82, 2.24) is 0 Å². The Morgan fingerprint density at radius 2 is 1.33 bits per heavy atom. The van der Waals surface area contributed by atoms with Crippen molar-refractivity contribution in [1.29, 1.82) is 0 Å². The molecule has 92 valence electrons. The molecule has 0 aromatic rings. The average molecular weight is 216 g/mol. The molecular weight excluding hydrogens is 188 g/mol. The van der Waals surface area contributed by atoms with E-state index in [9.17, 15) is 5.11 Å². The van der Waals surface area contributed by atoms with E-state index in [4.69, 9.17) is 4.74 Å². The quantitative estimate of drug-likeness (QED) is 0.785. The van der Waals surface area contributed by atoms with E-state index >= 15 is 0 Å². The van der Waals surface area contributed by atoms with Crippen LogP contribution in [0, 0.1) is 10.8 Å². The maximum Gasteiger partial charge on any atom is 0.0904 e. The van der Waals surface area contributed by atoms with Gasteiger partial charge in [0.1, 0.15) is 0 Å². The molecule has 0 spiro atoms. The van der Waals surface area contributed by atoms with Gasteiger partial charge in [-0.15, -0.1) is 0 Å². The monoisotopic (exact) mass is 216 g/mol. The highest BCUT2D eigenvalue weighted by Gasteiger charge is 2.38. The van der Waals surface area contributed by atoms with Crippen molar-refractivity contribution >= 4 is 0 Å². The van der Waals surface area contributed by atoms with Gasteiger partial charge in [0.15, 0.2) is 0 Å². The number of hydrogen-bond acceptors (Lipinski definition) is 2. The molecule has 0 aromatic carbocycles. The fourth-order valence-corrected chi connectivity index (χ4v) is 1.85. The van der Waals surface area contributed by atoms with Crippen LogP contribution in [0.1, 0.15) is 55.4 Å². The van der Waals surface area contributed by atoms with Crippen LogP contribution in [-0.2, 0) is 4.74 Å². The molecule has 0 rings (SSSR count). The van der Waals surface area contributed by atoms with Gasteiger partial charge in [-0.1, -0.05) is 41.5 Å². The van der Waals surface area contributed by atoms with Crippen LogP contribution in [0.3, 0.4) is 0 Å². The van der Waals surface area contributed by atoms with E-state index < -0.39 is 5.60 Å². The minimum absolute atomic E-state index is 0.0521. The molecule has 0 aliphatic rings. The molecule has 0 aliphatic heterocycles. The highest BCUT2D eigenvalue weighted by atomic mass is 16.5. The maximum absolute atomic E-state index is 10.1. The lowest BCUT2D eigenvalue weighted by molar-refractivity contribution is -0.147. The molecule has 1 atom stereocenters. The van der Waals surface area contributed by atoms with Crippen molar-refractivity contribution in [2.75, 3.05) is 6.61 Å². The van der Waals surface area contributed by atoms with E-state index in [1.165, 1.54) is 0 Å². The molecule has 0 bridgehead atoms. The summed E-state index contributed by atoms with van der Waals surface area (Å²) in [4.78, 5) is 0. The number of rotatable bonds is 3. The van der Waals surface area contributed by atoms with Crippen LogP contribution in [0.5, 0.6) is 0 Å². The summed E-state index contributed by atoms with van der Waals surface area (Å²) in [5, 5.41) is 10.1. The third-order valence-corrected chi connectivity index (χ3v) is 2.11. The topological polar surface area (TPSA) is 29.5 Å². The second kappa shape index (κ2) is 4.42. The predicted molar refractivity (Wildman–Crippen MR) is 64.9 cm³/mol. The summed E-state index contributed by atoms with van der Waals surface area (Å²) >= 11 is 0. The van der Waals surface area contributed by atoms with Gasteiger partial charge >= 0.3 is 0 Å². The van der Waals surface area contributed by atoms with Crippen molar-refractivity contribution in [3.05, 3.63) is 0 Å². The lowest BCUT2D eigenvalue weighted by Gasteiger charge is -2.40. The zero-order valence-electron chi connectivity index (χ0n) is 11.6. The molecule has 2 heteroatoms. The maximum atomic E-state index is 10.1. The van der Waals surface area contributed by atoms with E-state index in [1.54, 1.807) is 0 Å². The molecule has 2 nitrogen and oxygen atoms in total. The third-order valence-electron chi connectivity index (χ3n) is 2.11. The van der Waals surface area contributed by atoms with Gasteiger partial charge < -0.3 is 9.84 Å². The summed E-state index contributed by atoms with van der Waals surface area (Å²) in [5.41, 5.74) is -0.720. The summed E-state index contributed by atoms with van der Waals surface area (Å²) < 4.78 is 5.89. The SMILES string of the molecule is CC(C)(C)COC(C(C)(C)C)C(C)(C)O. The van der Waals surface area contributed by atoms with E-state index in [0.29, 0.717) is 6.61 Å². The van der Waals surface area contributed by atoms with Gasteiger partial charge in [-0.25, -0.2) is 0 Å². The fourth-order valence-electron chi connectivity index (χ4n) is 1.85. The Hall–Kier alpha value is -0.0800. The highest BCUT2D eigenvalue weighted by Crippen LogP contribution is 2.32. The van der Waals surface area contributed by atoms with Crippen molar-refractivity contribution in [2.24, 2.45) is 10.8 Å². The minimum Gasteiger partial charge on any atom is -0.388 e. The molecule has 0 saturated heterocycles. The summed E-state index contributed by atoms with van der Waals surface area (Å²) in [7, 11) is 0. The van der Waals surface area contributed by atoms with Crippen molar-refractivity contribution < 1.29 is 9.84 Å². The molecule has 0 heterocycles. The van der Waals surface area contributed by atoms with Gasteiger partial charge in [0.25, 0.3) is 0 Å². The van der Waals surface area contributed by atoms with Crippen LogP contribution < -0.4 is 0 Å². The summed E-state index contributed by atoms with van der Waals surface area (Å²) in [6, 6.07) is 0. The first kappa shape index (κ1) is 14.9. The molecule has 0 radical (unpaired) electrons. The van der Waals surface area contributed by atoms with Gasteiger partial charge in [0, 0.05) is 0 Å². The van der Waals surface area contributed by atoms with E-state index in [0.717, 1.165) is 0 Å². The largest absolute Gasteiger partial charge is 0.388 e. The Balaban J connectivity index is 4.56. The zero-order valence-corrected chi connectivity index (χ0v) is 11.6. The van der Waals surface area contributed by atoms with Crippen molar-refractivity contribution in [2.45, 2.75) is 67.1 Å². The predicted octanol–water partition coefficient (Wildman–Crippen LogP) is 3.23. The van der Waals surface area contributed by atoms with Gasteiger partial charge in [-0.05, 0) is 24.7 Å². The highest BCUT2D eigenvalue weighted by molar-refractivity contribution is 4.88. The Morgan fingerprint density at radius 1 is 0.933 bits per heavy atom. The van der Waals surface area contributed by atoms with Gasteiger partial charge in [-0.2, -0.15) is 0 Å². The summed E-state index contributed by atoms with van der Waals surface area (Å²) in [5.74, 6) is 0. The van der Waals surface area contributed by atoms with Gasteiger partial charge in [0.2, 0.25) is 0 Å². The first-order valence-electron chi connectivity index (χ1n) is 5.68. The molecule has 15 heavy (non-hydrogen) atoms. The Labute approximate surface area is 95.0 Å². The standard InChI is InChI=1S/C13H28O2/c1-11(2,3)9-15-10(12(4,5)6)13(7,8)14/h10,14H,9H2,1-8H3. The second-order valence-electron chi connectivity index (χ2n) is 7.27. The molecule has 0 aromatic heterocycles. The third kappa shape index (κ3) is 6.16. The van der Waals surface area contributed by atoms with E-state index in [-0.39, 0.29) is 16.9 Å². The normalized spacial score (nSPS) is 16.6. The first-order chi connectivity index (χ1) is 6.34. The molecule has 1 N–H and O–H groups in total. The molecule has 1 unspecified atom stereocenters. The van der Waals surface area contributed by atoms with E-state index in [1.807, 2.05) is 13.8 Å². The number of ether oxygens (including phenoxy) is 1. The lowest BCUT2D eigenvalue weighted by Crippen LogP contribution is -2.48. The number of aliphatic hydroxyl groups is 1. The Kier molecular flexibility index (Phi) is 4.40.